The fraction of sp³-hybridized carbons (Fsp3) is 0.571. The molecule has 0 bridgehead atoms. The predicted molar refractivity (Wildman–Crippen MR) is 101 cm³/mol. The second-order valence-electron chi connectivity index (χ2n) is 7.82. The molecule has 1 aliphatic heterocycles. The van der Waals surface area contributed by atoms with Gasteiger partial charge in [0.1, 0.15) is 5.75 Å². The minimum Gasteiger partial charge on any atom is -0.497 e. The average Bonchev–Trinajstić information content (AvgIpc) is 3.07. The number of aromatic nitrogens is 1. The van der Waals surface area contributed by atoms with E-state index in [-0.39, 0.29) is 11.8 Å². The molecule has 1 aromatic heterocycles. The van der Waals surface area contributed by atoms with E-state index in [1.807, 2.05) is 29.3 Å². The first-order valence-corrected chi connectivity index (χ1v) is 9.72. The lowest BCUT2D eigenvalue weighted by molar-refractivity contribution is -0.143. The molecule has 2 aliphatic rings. The zero-order valence-corrected chi connectivity index (χ0v) is 15.5. The fourth-order valence-electron chi connectivity index (χ4n) is 4.67. The van der Waals surface area contributed by atoms with Gasteiger partial charge in [-0.25, -0.2) is 0 Å². The van der Waals surface area contributed by atoms with Crippen molar-refractivity contribution in [2.75, 3.05) is 20.2 Å². The molecule has 140 valence electrons. The number of piperidine rings is 1. The van der Waals surface area contributed by atoms with E-state index in [1.54, 1.807) is 7.11 Å². The van der Waals surface area contributed by atoms with E-state index < -0.39 is 5.60 Å². The zero-order valence-electron chi connectivity index (χ0n) is 15.5. The summed E-state index contributed by atoms with van der Waals surface area (Å²) in [5.41, 5.74) is 0.601. The average molecular weight is 356 g/mol. The number of rotatable bonds is 4. The molecular weight excluding hydrogens is 328 g/mol. The number of hydrogen-bond donors (Lipinski definition) is 1. The Hall–Kier alpha value is -2.01. The van der Waals surface area contributed by atoms with Crippen LogP contribution < -0.4 is 4.74 Å². The summed E-state index contributed by atoms with van der Waals surface area (Å²) in [5, 5.41) is 11.9. The van der Waals surface area contributed by atoms with Crippen LogP contribution in [0.5, 0.6) is 5.75 Å². The molecule has 1 N–H and O–H groups in total. The topological polar surface area (TPSA) is 54.7 Å². The van der Waals surface area contributed by atoms with Crippen LogP contribution in [0.4, 0.5) is 0 Å². The number of aryl methyl sites for hydroxylation is 1. The molecule has 2 aromatic rings. The summed E-state index contributed by atoms with van der Waals surface area (Å²) in [6.07, 6.45) is 7.51. The van der Waals surface area contributed by atoms with Crippen molar-refractivity contribution in [2.24, 2.45) is 5.92 Å². The third kappa shape index (κ3) is 3.20. The van der Waals surface area contributed by atoms with Crippen LogP contribution in [0.25, 0.3) is 10.9 Å². The summed E-state index contributed by atoms with van der Waals surface area (Å²) >= 11 is 0. The summed E-state index contributed by atoms with van der Waals surface area (Å²) in [7, 11) is 1.67. The Morgan fingerprint density at radius 2 is 2.19 bits per heavy atom. The quantitative estimate of drug-likeness (QED) is 0.915. The molecule has 1 aliphatic carbocycles. The molecule has 0 spiro atoms. The third-order valence-corrected chi connectivity index (χ3v) is 6.33. The van der Waals surface area contributed by atoms with Crippen LogP contribution in [0, 0.1) is 5.92 Å². The van der Waals surface area contributed by atoms with Gasteiger partial charge in [-0.3, -0.25) is 4.79 Å². The van der Waals surface area contributed by atoms with Crippen LogP contribution >= 0.6 is 0 Å². The van der Waals surface area contributed by atoms with Crippen molar-refractivity contribution in [3.63, 3.8) is 0 Å². The Morgan fingerprint density at radius 1 is 1.31 bits per heavy atom. The number of fused-ring (bicyclic) bond motifs is 2. The highest BCUT2D eigenvalue weighted by molar-refractivity contribution is 5.82. The van der Waals surface area contributed by atoms with Gasteiger partial charge >= 0.3 is 0 Å². The van der Waals surface area contributed by atoms with Crippen molar-refractivity contribution in [3.8, 4) is 5.75 Å². The van der Waals surface area contributed by atoms with Gasteiger partial charge < -0.3 is 19.3 Å². The van der Waals surface area contributed by atoms with Crippen LogP contribution in [0.1, 0.15) is 38.5 Å². The van der Waals surface area contributed by atoms with Crippen molar-refractivity contribution in [1.29, 1.82) is 0 Å². The summed E-state index contributed by atoms with van der Waals surface area (Å²) in [4.78, 5) is 14.7. The number of aliphatic hydroxyl groups is 1. The SMILES string of the molecule is COc1ccc2c(ccn2CCC(=O)N2CC[C@]3(O)CCCC[C@H]3C2)c1. The van der Waals surface area contributed by atoms with E-state index in [0.29, 0.717) is 19.5 Å². The highest BCUT2D eigenvalue weighted by Gasteiger charge is 2.43. The maximum absolute atomic E-state index is 12.7. The molecule has 0 radical (unpaired) electrons. The van der Waals surface area contributed by atoms with Crippen molar-refractivity contribution in [2.45, 2.75) is 50.7 Å². The number of carbonyl (C=O) groups excluding carboxylic acids is 1. The highest BCUT2D eigenvalue weighted by atomic mass is 16.5. The minimum absolute atomic E-state index is 0.202. The Bertz CT molecular complexity index is 800. The van der Waals surface area contributed by atoms with Gasteiger partial charge in [-0.05, 0) is 43.5 Å². The highest BCUT2D eigenvalue weighted by Crippen LogP contribution is 2.39. The summed E-state index contributed by atoms with van der Waals surface area (Å²) in [5.74, 6) is 1.31. The molecule has 5 nitrogen and oxygen atoms in total. The number of likely N-dealkylation sites (tertiary alicyclic amines) is 1. The molecule has 2 atom stereocenters. The lowest BCUT2D eigenvalue weighted by atomic mass is 9.71. The van der Waals surface area contributed by atoms with E-state index in [4.69, 9.17) is 4.74 Å². The number of benzene rings is 1. The number of nitrogens with zero attached hydrogens (tertiary/aromatic N) is 2. The van der Waals surface area contributed by atoms with Gasteiger partial charge in [0.25, 0.3) is 0 Å². The maximum Gasteiger partial charge on any atom is 0.224 e. The second-order valence-corrected chi connectivity index (χ2v) is 7.82. The summed E-state index contributed by atoms with van der Waals surface area (Å²) in [6, 6.07) is 8.07. The van der Waals surface area contributed by atoms with Crippen LogP contribution in [0.15, 0.2) is 30.5 Å². The molecule has 0 unspecified atom stereocenters. The molecule has 2 fully saturated rings. The van der Waals surface area contributed by atoms with Crippen molar-refractivity contribution >= 4 is 16.8 Å². The standard InChI is InChI=1S/C21H28N2O3/c1-26-18-5-6-19-16(14-18)7-11-22(19)12-8-20(24)23-13-10-21(25)9-3-2-4-17(21)15-23/h5-7,11,14,17,25H,2-4,8-10,12-13,15H2,1H3/t17-,21+/m0/s1. The van der Waals surface area contributed by atoms with E-state index in [0.717, 1.165) is 48.9 Å². The van der Waals surface area contributed by atoms with Gasteiger partial charge in [-0.15, -0.1) is 0 Å². The molecule has 1 saturated carbocycles. The lowest BCUT2D eigenvalue weighted by Gasteiger charge is -2.47. The predicted octanol–water partition coefficient (Wildman–Crippen LogP) is 3.19. The normalized spacial score (nSPS) is 25.9. The van der Waals surface area contributed by atoms with Gasteiger partial charge in [0, 0.05) is 49.1 Å². The number of methoxy groups -OCH3 is 1. The number of carbonyl (C=O) groups is 1. The Balaban J connectivity index is 1.38. The van der Waals surface area contributed by atoms with Crippen LogP contribution in [-0.4, -0.2) is 46.3 Å². The second kappa shape index (κ2) is 6.95. The van der Waals surface area contributed by atoms with E-state index in [2.05, 4.69) is 10.6 Å². The Labute approximate surface area is 154 Å². The minimum atomic E-state index is -0.523. The van der Waals surface area contributed by atoms with Crippen LogP contribution in [-0.2, 0) is 11.3 Å². The van der Waals surface area contributed by atoms with E-state index >= 15 is 0 Å². The number of hydrogen-bond acceptors (Lipinski definition) is 3. The van der Waals surface area contributed by atoms with Gasteiger partial charge in [0.05, 0.1) is 12.7 Å². The summed E-state index contributed by atoms with van der Waals surface area (Å²) in [6.45, 7) is 2.09. The maximum atomic E-state index is 12.7. The van der Waals surface area contributed by atoms with E-state index in [1.165, 1.54) is 6.42 Å². The molecule has 2 heterocycles. The van der Waals surface area contributed by atoms with Crippen LogP contribution in [0.2, 0.25) is 0 Å². The first-order valence-electron chi connectivity index (χ1n) is 9.72. The van der Waals surface area contributed by atoms with Gasteiger partial charge in [-0.2, -0.15) is 0 Å². The van der Waals surface area contributed by atoms with Crippen molar-refractivity contribution < 1.29 is 14.6 Å². The molecule has 4 rings (SSSR count). The van der Waals surface area contributed by atoms with Gasteiger partial charge in [0.2, 0.25) is 5.91 Å². The number of ether oxygens (including phenoxy) is 1. The molecule has 1 amide bonds. The fourth-order valence-corrected chi connectivity index (χ4v) is 4.67. The van der Waals surface area contributed by atoms with Gasteiger partial charge in [-0.1, -0.05) is 12.8 Å². The smallest absolute Gasteiger partial charge is 0.224 e. The third-order valence-electron chi connectivity index (χ3n) is 6.33. The molecule has 1 aromatic carbocycles. The lowest BCUT2D eigenvalue weighted by Crippen LogP contribution is -2.54. The monoisotopic (exact) mass is 356 g/mol. The van der Waals surface area contributed by atoms with E-state index in [9.17, 15) is 9.90 Å². The summed E-state index contributed by atoms with van der Waals surface area (Å²) < 4.78 is 7.40. The first-order chi connectivity index (χ1) is 12.6. The number of amides is 1. The molecule has 5 heteroatoms. The van der Waals surface area contributed by atoms with Crippen molar-refractivity contribution in [1.82, 2.24) is 9.47 Å². The van der Waals surface area contributed by atoms with Gasteiger partial charge in [0.15, 0.2) is 0 Å². The zero-order chi connectivity index (χ0) is 18.1. The van der Waals surface area contributed by atoms with Crippen LogP contribution in [0.3, 0.4) is 0 Å². The Kier molecular flexibility index (Phi) is 4.65. The first kappa shape index (κ1) is 17.4. The molecular formula is C21H28N2O3. The molecule has 1 saturated heterocycles. The Morgan fingerprint density at radius 3 is 3.04 bits per heavy atom. The molecule has 26 heavy (non-hydrogen) atoms. The largest absolute Gasteiger partial charge is 0.497 e. The van der Waals surface area contributed by atoms with Crippen molar-refractivity contribution in [3.05, 3.63) is 30.5 Å².